The minimum absolute atomic E-state index is 0.0447. The van der Waals surface area contributed by atoms with Crippen LogP contribution in [0.3, 0.4) is 0 Å². The highest BCUT2D eigenvalue weighted by Crippen LogP contribution is 2.55. The third-order valence-corrected chi connectivity index (χ3v) is 14.3. The van der Waals surface area contributed by atoms with Gasteiger partial charge < -0.3 is 0 Å². The molecule has 0 nitrogen and oxygen atoms in total. The number of fused-ring (bicyclic) bond motifs is 8. The molecule has 0 bridgehead atoms. The molecule has 0 heteroatoms. The van der Waals surface area contributed by atoms with E-state index in [1.807, 2.05) is 0 Å². The van der Waals surface area contributed by atoms with Crippen LogP contribution >= 0.6 is 0 Å². The minimum Gasteiger partial charge on any atom is -0.0622 e. The molecule has 0 N–H and O–H groups in total. The maximum Gasteiger partial charge on any atom is 0.0159 e. The molecule has 12 rings (SSSR count). The Balaban J connectivity index is 1.06. The maximum atomic E-state index is 2.55. The average Bonchev–Trinajstić information content (AvgIpc) is 3.69. The van der Waals surface area contributed by atoms with Crippen molar-refractivity contribution >= 4 is 21.5 Å². The Kier molecular flexibility index (Phi) is 8.03. The zero-order valence-electron chi connectivity index (χ0n) is 35.6. The van der Waals surface area contributed by atoms with E-state index >= 15 is 0 Å². The molecule has 10 aromatic carbocycles. The van der Waals surface area contributed by atoms with Crippen molar-refractivity contribution in [3.63, 3.8) is 0 Å². The molecule has 0 spiro atoms. The molecule has 62 heavy (non-hydrogen) atoms. The van der Waals surface area contributed by atoms with Gasteiger partial charge in [-0.2, -0.15) is 0 Å². The summed E-state index contributed by atoms with van der Waals surface area (Å²) in [4.78, 5) is 0. The van der Waals surface area contributed by atoms with Gasteiger partial charge >= 0.3 is 0 Å². The predicted octanol–water partition coefficient (Wildman–Crippen LogP) is 16.9. The molecule has 2 aliphatic rings. The highest BCUT2D eigenvalue weighted by atomic mass is 14.4. The lowest BCUT2D eigenvalue weighted by Crippen LogP contribution is -2.15. The normalized spacial score (nSPS) is 14.1. The van der Waals surface area contributed by atoms with Crippen molar-refractivity contribution in [2.75, 3.05) is 0 Å². The van der Waals surface area contributed by atoms with Gasteiger partial charge in [0.15, 0.2) is 0 Å². The summed E-state index contributed by atoms with van der Waals surface area (Å²) < 4.78 is 0. The summed E-state index contributed by atoms with van der Waals surface area (Å²) in [5.41, 5.74) is 23.2. The van der Waals surface area contributed by atoms with Crippen LogP contribution in [0.15, 0.2) is 206 Å². The first-order valence-corrected chi connectivity index (χ1v) is 22.0. The summed E-state index contributed by atoms with van der Waals surface area (Å²) in [7, 11) is 0. The van der Waals surface area contributed by atoms with E-state index in [1.165, 1.54) is 122 Å². The van der Waals surface area contributed by atoms with Crippen molar-refractivity contribution in [1.82, 2.24) is 0 Å². The van der Waals surface area contributed by atoms with Crippen molar-refractivity contribution in [2.45, 2.75) is 38.5 Å². The molecule has 0 aromatic heterocycles. The lowest BCUT2D eigenvalue weighted by atomic mass is 9.79. The van der Waals surface area contributed by atoms with Gasteiger partial charge in [0, 0.05) is 10.8 Å². The van der Waals surface area contributed by atoms with Crippen LogP contribution in [0.5, 0.6) is 0 Å². The molecule has 0 radical (unpaired) electrons. The Labute approximate surface area is 364 Å². The van der Waals surface area contributed by atoms with Crippen molar-refractivity contribution in [2.24, 2.45) is 0 Å². The fraction of sp³-hybridized carbons (Fsp3) is 0.0968. The van der Waals surface area contributed by atoms with Crippen LogP contribution in [0.1, 0.15) is 49.9 Å². The third kappa shape index (κ3) is 5.46. The van der Waals surface area contributed by atoms with Gasteiger partial charge in [0.1, 0.15) is 0 Å². The van der Waals surface area contributed by atoms with Gasteiger partial charge in [-0.15, -0.1) is 0 Å². The first-order valence-electron chi connectivity index (χ1n) is 22.0. The van der Waals surface area contributed by atoms with Crippen LogP contribution in [0.4, 0.5) is 0 Å². The molecular formula is C62H46. The smallest absolute Gasteiger partial charge is 0.0159 e. The van der Waals surface area contributed by atoms with E-state index in [1.54, 1.807) is 0 Å². The summed E-state index contributed by atoms with van der Waals surface area (Å²) in [5.74, 6) is 0. The number of rotatable bonds is 5. The maximum absolute atomic E-state index is 2.55. The van der Waals surface area contributed by atoms with E-state index in [0.29, 0.717) is 0 Å². The van der Waals surface area contributed by atoms with Gasteiger partial charge in [-0.05, 0) is 146 Å². The molecule has 10 aromatic rings. The second kappa shape index (κ2) is 13.6. The molecule has 0 heterocycles. The second-order valence-corrected chi connectivity index (χ2v) is 18.4. The highest BCUT2D eigenvalue weighted by Gasteiger charge is 2.38. The zero-order valence-corrected chi connectivity index (χ0v) is 35.6. The predicted molar refractivity (Wildman–Crippen MR) is 264 cm³/mol. The molecule has 0 fully saturated rings. The average molecular weight is 791 g/mol. The molecule has 2 aliphatic carbocycles. The molecule has 0 aliphatic heterocycles. The van der Waals surface area contributed by atoms with Gasteiger partial charge in [-0.25, -0.2) is 0 Å². The lowest BCUT2D eigenvalue weighted by Gasteiger charge is -2.24. The summed E-state index contributed by atoms with van der Waals surface area (Å²) in [6, 6.07) is 77.3. The SMILES string of the molecule is CC1(C)c2ccccc2-c2ccc(-c3ccc4c(c3)C(C)(C)c3cc5c(-c6ccc(-c7ccccc7)cc6)c6ccccc6c(-c6ccc(-c7ccccc7)cc6)c5cc3-4)cc21. The van der Waals surface area contributed by atoms with Crippen molar-refractivity contribution < 1.29 is 0 Å². The van der Waals surface area contributed by atoms with E-state index in [4.69, 9.17) is 0 Å². The van der Waals surface area contributed by atoms with Crippen LogP contribution in [-0.4, -0.2) is 0 Å². The Morgan fingerprint density at radius 1 is 0.226 bits per heavy atom. The largest absolute Gasteiger partial charge is 0.0622 e. The Morgan fingerprint density at radius 2 is 0.581 bits per heavy atom. The number of benzene rings is 10. The Hall–Kier alpha value is -7.28. The summed E-state index contributed by atoms with van der Waals surface area (Å²) in [6.07, 6.45) is 0. The van der Waals surface area contributed by atoms with Gasteiger partial charge in [0.05, 0.1) is 0 Å². The standard InChI is InChI=1S/C62H46/c1-61(2)55-22-14-13-19-47(55)48-33-31-45(35-56(48)61)46-32-34-49-52-37-53-54(38-58(52)62(3,4)57(49)36-46)60(44-29-25-42(26-30-44)40-17-9-6-10-18-40)51-21-12-11-20-50(51)59(53)43-27-23-41(24-28-43)39-15-7-5-8-16-39/h5-38H,1-4H3. The van der Waals surface area contributed by atoms with Crippen LogP contribution in [-0.2, 0) is 10.8 Å². The van der Waals surface area contributed by atoms with Crippen LogP contribution in [0.2, 0.25) is 0 Å². The fourth-order valence-electron chi connectivity index (χ4n) is 11.0. The molecule has 0 saturated heterocycles. The molecule has 0 atom stereocenters. The summed E-state index contributed by atoms with van der Waals surface area (Å²) >= 11 is 0. The van der Waals surface area contributed by atoms with Crippen LogP contribution in [0.25, 0.3) is 99.4 Å². The van der Waals surface area contributed by atoms with E-state index in [0.717, 1.165) is 0 Å². The second-order valence-electron chi connectivity index (χ2n) is 18.4. The Morgan fingerprint density at radius 3 is 1.11 bits per heavy atom. The van der Waals surface area contributed by atoms with Gasteiger partial charge in [-0.3, -0.25) is 0 Å². The topological polar surface area (TPSA) is 0 Å². The van der Waals surface area contributed by atoms with Crippen LogP contribution in [0, 0.1) is 0 Å². The highest BCUT2D eigenvalue weighted by molar-refractivity contribution is 6.22. The molecule has 0 saturated carbocycles. The van der Waals surface area contributed by atoms with Gasteiger partial charge in [0.2, 0.25) is 0 Å². The van der Waals surface area contributed by atoms with Crippen molar-refractivity contribution in [3.8, 4) is 77.9 Å². The van der Waals surface area contributed by atoms with Crippen molar-refractivity contribution in [3.05, 3.63) is 229 Å². The first kappa shape index (κ1) is 36.6. The van der Waals surface area contributed by atoms with E-state index in [-0.39, 0.29) is 10.8 Å². The third-order valence-electron chi connectivity index (χ3n) is 14.3. The fourth-order valence-corrected chi connectivity index (χ4v) is 11.0. The van der Waals surface area contributed by atoms with Crippen molar-refractivity contribution in [1.29, 1.82) is 0 Å². The minimum atomic E-state index is -0.210. The van der Waals surface area contributed by atoms with Crippen LogP contribution < -0.4 is 0 Å². The van der Waals surface area contributed by atoms with E-state index in [2.05, 4.69) is 234 Å². The van der Waals surface area contributed by atoms with Gasteiger partial charge in [-0.1, -0.05) is 210 Å². The molecular weight excluding hydrogens is 745 g/mol. The Bertz CT molecular complexity index is 3400. The molecule has 0 unspecified atom stereocenters. The molecule has 0 amide bonds. The molecule has 294 valence electrons. The number of hydrogen-bond acceptors (Lipinski definition) is 0. The summed E-state index contributed by atoms with van der Waals surface area (Å²) in [6.45, 7) is 9.59. The lowest BCUT2D eigenvalue weighted by molar-refractivity contribution is 0.660. The zero-order chi connectivity index (χ0) is 41.7. The van der Waals surface area contributed by atoms with Gasteiger partial charge in [0.25, 0.3) is 0 Å². The van der Waals surface area contributed by atoms with E-state index in [9.17, 15) is 0 Å². The quantitative estimate of drug-likeness (QED) is 0.152. The van der Waals surface area contributed by atoms with E-state index < -0.39 is 0 Å². The first-order chi connectivity index (χ1) is 30.3. The summed E-state index contributed by atoms with van der Waals surface area (Å²) in [5, 5.41) is 5.11. The monoisotopic (exact) mass is 790 g/mol. The number of hydrogen-bond donors (Lipinski definition) is 0.